The Kier molecular flexibility index (Phi) is 1.51. The third-order valence-electron chi connectivity index (χ3n) is 2.03. The average Bonchev–Trinajstić information content (AvgIpc) is 2.85. The van der Waals surface area contributed by atoms with Gasteiger partial charge in [-0.05, 0) is 5.56 Å². The highest BCUT2D eigenvalue weighted by Crippen LogP contribution is 2.29. The van der Waals surface area contributed by atoms with E-state index in [9.17, 15) is 0 Å². The molecule has 1 aliphatic rings. The van der Waals surface area contributed by atoms with Crippen molar-refractivity contribution in [1.82, 2.24) is 5.32 Å². The van der Waals surface area contributed by atoms with E-state index >= 15 is 0 Å². The molecule has 1 N–H and O–H groups in total. The van der Waals surface area contributed by atoms with E-state index in [1.54, 1.807) is 0 Å². The molecule has 0 saturated carbocycles. The summed E-state index contributed by atoms with van der Waals surface area (Å²) < 4.78 is 0. The second kappa shape index (κ2) is 2.51. The van der Waals surface area contributed by atoms with Gasteiger partial charge in [-0.25, -0.2) is 0 Å². The van der Waals surface area contributed by atoms with Crippen LogP contribution in [0, 0.1) is 0 Å². The molecule has 1 heteroatoms. The van der Waals surface area contributed by atoms with E-state index in [4.69, 9.17) is 0 Å². The minimum atomic E-state index is 0.498. The van der Waals surface area contributed by atoms with Gasteiger partial charge in [-0.15, -0.1) is 6.58 Å². The van der Waals surface area contributed by atoms with Gasteiger partial charge < -0.3 is 5.32 Å². The van der Waals surface area contributed by atoms with Crippen LogP contribution in [-0.4, -0.2) is 6.04 Å². The van der Waals surface area contributed by atoms with Crippen LogP contribution in [0.2, 0.25) is 0 Å². The van der Waals surface area contributed by atoms with E-state index in [-0.39, 0.29) is 0 Å². The predicted molar refractivity (Wildman–Crippen MR) is 46.3 cm³/mol. The molecule has 1 heterocycles. The fourth-order valence-electron chi connectivity index (χ4n) is 1.32. The summed E-state index contributed by atoms with van der Waals surface area (Å²) in [7, 11) is 0. The van der Waals surface area contributed by atoms with Gasteiger partial charge in [0.2, 0.25) is 0 Å². The lowest BCUT2D eigenvalue weighted by molar-refractivity contribution is 1.07. The lowest BCUT2D eigenvalue weighted by Crippen LogP contribution is -1.82. The molecule has 0 unspecified atom stereocenters. The molecule has 0 spiro atoms. The highest BCUT2D eigenvalue weighted by molar-refractivity contribution is 5.28. The van der Waals surface area contributed by atoms with Crippen LogP contribution >= 0.6 is 0 Å². The molecule has 2 rings (SSSR count). The predicted octanol–water partition coefficient (Wildman–Crippen LogP) is 1.89. The van der Waals surface area contributed by atoms with Gasteiger partial charge in [0.25, 0.3) is 0 Å². The SMILES string of the molecule is C=C[C@H]1N[C@@H]1c1ccccc1. The monoisotopic (exact) mass is 145 g/mol. The molecule has 0 bridgehead atoms. The van der Waals surface area contributed by atoms with Gasteiger partial charge in [-0.1, -0.05) is 36.4 Å². The quantitative estimate of drug-likeness (QED) is 0.498. The Morgan fingerprint density at radius 2 is 2.00 bits per heavy atom. The van der Waals surface area contributed by atoms with Crippen molar-refractivity contribution in [2.24, 2.45) is 0 Å². The Bertz CT molecular complexity index is 253. The van der Waals surface area contributed by atoms with Crippen molar-refractivity contribution in [3.8, 4) is 0 Å². The molecule has 1 nitrogen and oxygen atoms in total. The van der Waals surface area contributed by atoms with Gasteiger partial charge >= 0.3 is 0 Å². The van der Waals surface area contributed by atoms with E-state index in [1.807, 2.05) is 12.1 Å². The smallest absolute Gasteiger partial charge is 0.0517 e. The first kappa shape index (κ1) is 6.62. The van der Waals surface area contributed by atoms with E-state index < -0.39 is 0 Å². The lowest BCUT2D eigenvalue weighted by atomic mass is 10.1. The van der Waals surface area contributed by atoms with Gasteiger partial charge in [0.1, 0.15) is 0 Å². The summed E-state index contributed by atoms with van der Waals surface area (Å²) >= 11 is 0. The van der Waals surface area contributed by atoms with E-state index in [2.05, 4.69) is 36.2 Å². The first-order valence-electron chi connectivity index (χ1n) is 3.85. The molecule has 1 saturated heterocycles. The largest absolute Gasteiger partial charge is 0.300 e. The second-order valence-electron chi connectivity index (χ2n) is 2.82. The molecule has 0 radical (unpaired) electrons. The maximum atomic E-state index is 3.74. The summed E-state index contributed by atoms with van der Waals surface area (Å²) in [6, 6.07) is 11.5. The number of rotatable bonds is 2. The summed E-state index contributed by atoms with van der Waals surface area (Å²) in [4.78, 5) is 0. The molecule has 1 aromatic carbocycles. The summed E-state index contributed by atoms with van der Waals surface area (Å²) in [5, 5.41) is 3.32. The fourth-order valence-corrected chi connectivity index (χ4v) is 1.32. The Morgan fingerprint density at radius 3 is 2.55 bits per heavy atom. The third kappa shape index (κ3) is 1.19. The number of hydrogen-bond donors (Lipinski definition) is 1. The minimum Gasteiger partial charge on any atom is -0.300 e. The molecule has 0 amide bonds. The average molecular weight is 145 g/mol. The third-order valence-corrected chi connectivity index (χ3v) is 2.03. The lowest BCUT2D eigenvalue weighted by Gasteiger charge is -1.93. The van der Waals surface area contributed by atoms with Crippen LogP contribution in [0.25, 0.3) is 0 Å². The number of benzene rings is 1. The van der Waals surface area contributed by atoms with E-state index in [0.29, 0.717) is 12.1 Å². The van der Waals surface area contributed by atoms with Gasteiger partial charge in [0, 0.05) is 6.04 Å². The summed E-state index contributed by atoms with van der Waals surface area (Å²) in [5.41, 5.74) is 1.36. The number of nitrogens with one attached hydrogen (secondary N) is 1. The van der Waals surface area contributed by atoms with Crippen LogP contribution in [0.5, 0.6) is 0 Å². The van der Waals surface area contributed by atoms with Crippen molar-refractivity contribution in [2.75, 3.05) is 0 Å². The number of hydrogen-bond acceptors (Lipinski definition) is 1. The van der Waals surface area contributed by atoms with Crippen LogP contribution in [0.3, 0.4) is 0 Å². The maximum absolute atomic E-state index is 3.74. The van der Waals surface area contributed by atoms with E-state index in [0.717, 1.165) is 0 Å². The minimum absolute atomic E-state index is 0.498. The van der Waals surface area contributed by atoms with Crippen LogP contribution in [-0.2, 0) is 0 Å². The van der Waals surface area contributed by atoms with Crippen molar-refractivity contribution >= 4 is 0 Å². The van der Waals surface area contributed by atoms with Crippen LogP contribution in [0.4, 0.5) is 0 Å². The molecule has 1 aliphatic heterocycles. The van der Waals surface area contributed by atoms with Crippen LogP contribution < -0.4 is 5.32 Å². The zero-order chi connectivity index (χ0) is 7.68. The Morgan fingerprint density at radius 1 is 1.27 bits per heavy atom. The second-order valence-corrected chi connectivity index (χ2v) is 2.82. The fraction of sp³-hybridized carbons (Fsp3) is 0.200. The van der Waals surface area contributed by atoms with Gasteiger partial charge in [-0.2, -0.15) is 0 Å². The zero-order valence-corrected chi connectivity index (χ0v) is 6.33. The summed E-state index contributed by atoms with van der Waals surface area (Å²) in [5.74, 6) is 0. The Labute approximate surface area is 66.7 Å². The molecule has 1 aromatic rings. The summed E-state index contributed by atoms with van der Waals surface area (Å²) in [6.07, 6.45) is 1.96. The van der Waals surface area contributed by atoms with E-state index in [1.165, 1.54) is 5.56 Å². The Hall–Kier alpha value is -1.08. The molecular formula is C10H11N. The van der Waals surface area contributed by atoms with Crippen molar-refractivity contribution in [3.05, 3.63) is 48.6 Å². The molecule has 11 heavy (non-hydrogen) atoms. The van der Waals surface area contributed by atoms with Crippen LogP contribution in [0.15, 0.2) is 43.0 Å². The Balaban J connectivity index is 2.14. The highest BCUT2D eigenvalue weighted by Gasteiger charge is 2.33. The van der Waals surface area contributed by atoms with Crippen LogP contribution in [0.1, 0.15) is 11.6 Å². The molecule has 0 aromatic heterocycles. The maximum Gasteiger partial charge on any atom is 0.0517 e. The van der Waals surface area contributed by atoms with Crippen molar-refractivity contribution in [3.63, 3.8) is 0 Å². The zero-order valence-electron chi connectivity index (χ0n) is 6.33. The normalized spacial score (nSPS) is 28.0. The highest BCUT2D eigenvalue weighted by atomic mass is 15.1. The standard InChI is InChI=1S/C10H11N/c1-2-9-10(11-9)8-6-4-3-5-7-8/h2-7,9-11H,1H2/t9-,10-/m1/s1. The van der Waals surface area contributed by atoms with Gasteiger partial charge in [0.05, 0.1) is 6.04 Å². The molecule has 56 valence electrons. The summed E-state index contributed by atoms with van der Waals surface area (Å²) in [6.45, 7) is 3.74. The molecule has 0 aliphatic carbocycles. The molecule has 2 atom stereocenters. The van der Waals surface area contributed by atoms with Crippen molar-refractivity contribution < 1.29 is 0 Å². The van der Waals surface area contributed by atoms with Crippen molar-refractivity contribution in [2.45, 2.75) is 12.1 Å². The molecular weight excluding hydrogens is 134 g/mol. The van der Waals surface area contributed by atoms with Gasteiger partial charge in [0.15, 0.2) is 0 Å². The van der Waals surface area contributed by atoms with Crippen molar-refractivity contribution in [1.29, 1.82) is 0 Å². The first-order chi connectivity index (χ1) is 5.42. The molecule has 1 fully saturated rings. The first-order valence-corrected chi connectivity index (χ1v) is 3.85. The topological polar surface area (TPSA) is 21.9 Å². The van der Waals surface area contributed by atoms with Gasteiger partial charge in [-0.3, -0.25) is 0 Å².